The molecule has 6 rings (SSSR count). The largest absolute Gasteiger partial charge is 0.497 e. The van der Waals surface area contributed by atoms with Gasteiger partial charge in [0, 0.05) is 37.7 Å². The van der Waals surface area contributed by atoms with Gasteiger partial charge in [-0.15, -0.1) is 0 Å². The number of benzene rings is 2. The van der Waals surface area contributed by atoms with Gasteiger partial charge in [-0.25, -0.2) is 4.52 Å². The summed E-state index contributed by atoms with van der Waals surface area (Å²) in [6.45, 7) is 2.22. The molecule has 1 aliphatic heterocycles. The molecule has 4 nitrogen and oxygen atoms in total. The summed E-state index contributed by atoms with van der Waals surface area (Å²) in [6.07, 6.45) is 4.35. The van der Waals surface area contributed by atoms with Gasteiger partial charge in [-0.05, 0) is 65.3 Å². The molecule has 2 aromatic heterocycles. The van der Waals surface area contributed by atoms with Crippen molar-refractivity contribution >= 4 is 5.52 Å². The second-order valence-electron chi connectivity index (χ2n) is 9.78. The Morgan fingerprint density at radius 3 is 2.65 bits per heavy atom. The maximum absolute atomic E-state index is 12.8. The molecule has 0 N–H and O–H groups in total. The molecule has 34 heavy (non-hydrogen) atoms. The van der Waals surface area contributed by atoms with E-state index in [0.717, 1.165) is 49.4 Å². The Labute approximate surface area is 200 Å². The maximum Gasteiger partial charge on any atom is 0.119 e. The van der Waals surface area contributed by atoms with Crippen molar-refractivity contribution in [2.75, 3.05) is 26.9 Å². The van der Waals surface area contributed by atoms with E-state index in [1.807, 2.05) is 4.52 Å². The molecule has 174 valence electrons. The van der Waals surface area contributed by atoms with Gasteiger partial charge in [-0.3, -0.25) is 9.29 Å². The van der Waals surface area contributed by atoms with Crippen molar-refractivity contribution in [1.29, 1.82) is 0 Å². The minimum absolute atomic E-state index is 0.198. The number of likely N-dealkylation sites (tertiary alicyclic amines) is 1. The molecule has 0 spiro atoms. The molecule has 1 fully saturated rings. The third-order valence-electron chi connectivity index (χ3n) is 7.57. The van der Waals surface area contributed by atoms with Crippen molar-refractivity contribution in [1.82, 2.24) is 14.5 Å². The van der Waals surface area contributed by atoms with E-state index >= 15 is 0 Å². The van der Waals surface area contributed by atoms with Crippen LogP contribution in [0, 0.1) is 5.92 Å². The number of hydrogen-bond acceptors (Lipinski definition) is 3. The van der Waals surface area contributed by atoms with Gasteiger partial charge in [0.2, 0.25) is 0 Å². The fourth-order valence-corrected chi connectivity index (χ4v) is 5.84. The molecule has 3 heterocycles. The highest BCUT2D eigenvalue weighted by molar-refractivity contribution is 5.52. The Morgan fingerprint density at radius 2 is 1.85 bits per heavy atom. The summed E-state index contributed by atoms with van der Waals surface area (Å²) in [7, 11) is 1.73. The molecule has 4 aromatic rings. The Bertz CT molecular complexity index is 1300. The highest BCUT2D eigenvalue weighted by atomic mass is 19.1. The molecule has 2 unspecified atom stereocenters. The number of hydrogen-bond donors (Lipinski definition) is 0. The standard InChI is InChI=1S/C29H30FN3O/c1-34-26-10-12-28-22(13-26)8-11-27(21-5-3-2-4-6-21)29(28)23-7-9-25-14-24(31-33(25)18-23)19-32-16-20(15-30)17-32/h2-7,9-10,12-14,18,20,27,29H,8,11,15-17,19H2,1H3. The molecule has 2 aliphatic rings. The number of ether oxygens (including phenoxy) is 1. The fraction of sp³-hybridized carbons (Fsp3) is 0.345. The number of alkyl halides is 1. The molecule has 2 aromatic carbocycles. The van der Waals surface area contributed by atoms with Crippen LogP contribution in [-0.4, -0.2) is 41.4 Å². The Kier molecular flexibility index (Phi) is 5.58. The van der Waals surface area contributed by atoms with Gasteiger partial charge in [0.05, 0.1) is 25.0 Å². The summed E-state index contributed by atoms with van der Waals surface area (Å²) in [5, 5.41) is 4.88. The van der Waals surface area contributed by atoms with Gasteiger partial charge < -0.3 is 4.74 Å². The summed E-state index contributed by atoms with van der Waals surface area (Å²) in [5.41, 5.74) is 7.56. The van der Waals surface area contributed by atoms with Crippen LogP contribution in [-0.2, 0) is 13.0 Å². The summed E-state index contributed by atoms with van der Waals surface area (Å²) in [4.78, 5) is 2.27. The number of fused-ring (bicyclic) bond motifs is 2. The Morgan fingerprint density at radius 1 is 1.00 bits per heavy atom. The third kappa shape index (κ3) is 3.88. The number of aromatic nitrogens is 2. The van der Waals surface area contributed by atoms with Crippen LogP contribution in [0.4, 0.5) is 4.39 Å². The lowest BCUT2D eigenvalue weighted by Crippen LogP contribution is -2.46. The average molecular weight is 456 g/mol. The van der Waals surface area contributed by atoms with Gasteiger partial charge in [0.1, 0.15) is 5.75 Å². The zero-order valence-corrected chi connectivity index (χ0v) is 19.5. The SMILES string of the molecule is COc1ccc2c(c1)CCC(c1ccccc1)C2c1ccc2cc(CN3CC(CF)C3)nn2c1. The van der Waals surface area contributed by atoms with Gasteiger partial charge in [0.15, 0.2) is 0 Å². The van der Waals surface area contributed by atoms with Crippen LogP contribution in [0.5, 0.6) is 5.75 Å². The summed E-state index contributed by atoms with van der Waals surface area (Å²) >= 11 is 0. The molecule has 1 saturated heterocycles. The first-order valence-corrected chi connectivity index (χ1v) is 12.2. The van der Waals surface area contributed by atoms with E-state index in [0.29, 0.717) is 5.92 Å². The number of halogens is 1. The van der Waals surface area contributed by atoms with E-state index in [2.05, 4.69) is 77.8 Å². The zero-order valence-electron chi connectivity index (χ0n) is 19.5. The first-order valence-electron chi connectivity index (χ1n) is 12.2. The van der Waals surface area contributed by atoms with E-state index in [1.165, 1.54) is 22.3 Å². The van der Waals surface area contributed by atoms with Crippen molar-refractivity contribution in [2.24, 2.45) is 5.92 Å². The zero-order chi connectivity index (χ0) is 23.1. The molecule has 0 saturated carbocycles. The minimum atomic E-state index is -0.220. The van der Waals surface area contributed by atoms with Crippen LogP contribution >= 0.6 is 0 Å². The highest BCUT2D eigenvalue weighted by Gasteiger charge is 2.33. The van der Waals surface area contributed by atoms with Gasteiger partial charge in [-0.1, -0.05) is 42.5 Å². The summed E-state index contributed by atoms with van der Waals surface area (Å²) in [5.74, 6) is 1.79. The van der Waals surface area contributed by atoms with Gasteiger partial charge in [-0.2, -0.15) is 5.10 Å². The molecule has 5 heteroatoms. The van der Waals surface area contributed by atoms with E-state index in [4.69, 9.17) is 9.84 Å². The predicted molar refractivity (Wildman–Crippen MR) is 132 cm³/mol. The Hall–Kier alpha value is -3.18. The van der Waals surface area contributed by atoms with Crippen molar-refractivity contribution < 1.29 is 9.13 Å². The molecule has 0 bridgehead atoms. The average Bonchev–Trinajstić information content (AvgIpc) is 3.27. The van der Waals surface area contributed by atoms with E-state index < -0.39 is 0 Å². The second kappa shape index (κ2) is 8.88. The number of pyridine rings is 1. The van der Waals surface area contributed by atoms with Crippen LogP contribution in [0.2, 0.25) is 0 Å². The van der Waals surface area contributed by atoms with Gasteiger partial charge in [0.25, 0.3) is 0 Å². The number of methoxy groups -OCH3 is 1. The second-order valence-corrected chi connectivity index (χ2v) is 9.78. The monoisotopic (exact) mass is 455 g/mol. The lowest BCUT2D eigenvalue weighted by molar-refractivity contribution is 0.0725. The Balaban J connectivity index is 1.37. The number of nitrogens with zero attached hydrogens (tertiary/aromatic N) is 3. The maximum atomic E-state index is 12.8. The molecule has 1 aliphatic carbocycles. The van der Waals surface area contributed by atoms with E-state index in [9.17, 15) is 4.39 Å². The molecule has 0 radical (unpaired) electrons. The van der Waals surface area contributed by atoms with Crippen molar-refractivity contribution in [3.8, 4) is 5.75 Å². The van der Waals surface area contributed by atoms with Crippen LogP contribution in [0.1, 0.15) is 46.2 Å². The van der Waals surface area contributed by atoms with Gasteiger partial charge >= 0.3 is 0 Å². The predicted octanol–water partition coefficient (Wildman–Crippen LogP) is 5.61. The lowest BCUT2D eigenvalue weighted by atomic mass is 9.69. The minimum Gasteiger partial charge on any atom is -0.497 e. The molecular weight excluding hydrogens is 425 g/mol. The van der Waals surface area contributed by atoms with Crippen LogP contribution < -0.4 is 4.74 Å². The topological polar surface area (TPSA) is 29.8 Å². The lowest BCUT2D eigenvalue weighted by Gasteiger charge is -2.37. The molecule has 0 amide bonds. The number of rotatable bonds is 6. The quantitative estimate of drug-likeness (QED) is 0.379. The van der Waals surface area contributed by atoms with Crippen LogP contribution in [0.25, 0.3) is 5.52 Å². The third-order valence-corrected chi connectivity index (χ3v) is 7.57. The van der Waals surface area contributed by atoms with Crippen molar-refractivity contribution in [2.45, 2.75) is 31.2 Å². The van der Waals surface area contributed by atoms with Crippen molar-refractivity contribution in [3.63, 3.8) is 0 Å². The van der Waals surface area contributed by atoms with Crippen molar-refractivity contribution in [3.05, 3.63) is 101 Å². The van der Waals surface area contributed by atoms with Crippen LogP contribution in [0.15, 0.2) is 72.9 Å². The first-order chi connectivity index (χ1) is 16.7. The van der Waals surface area contributed by atoms with Crippen LogP contribution in [0.3, 0.4) is 0 Å². The first kappa shape index (κ1) is 21.4. The highest BCUT2D eigenvalue weighted by Crippen LogP contribution is 2.47. The smallest absolute Gasteiger partial charge is 0.119 e. The number of aryl methyl sites for hydroxylation is 1. The fourth-order valence-electron chi connectivity index (χ4n) is 5.84. The molecule has 2 atom stereocenters. The van der Waals surface area contributed by atoms with E-state index in [-0.39, 0.29) is 18.5 Å². The normalized spacial score (nSPS) is 20.8. The molecular formula is C29H30FN3O. The summed E-state index contributed by atoms with van der Waals surface area (Å²) < 4.78 is 20.3. The van der Waals surface area contributed by atoms with E-state index in [1.54, 1.807) is 7.11 Å². The summed E-state index contributed by atoms with van der Waals surface area (Å²) in [6, 6.07) is 24.0.